The number of hydrogen-bond acceptors (Lipinski definition) is 3. The van der Waals surface area contributed by atoms with Crippen LogP contribution < -0.4 is 4.74 Å². The average molecular weight is 333 g/mol. The van der Waals surface area contributed by atoms with E-state index in [1.54, 1.807) is 7.11 Å². The van der Waals surface area contributed by atoms with Crippen LogP contribution in [0.5, 0.6) is 5.75 Å². The molecule has 0 N–H and O–H groups in total. The zero-order chi connectivity index (χ0) is 17.4. The van der Waals surface area contributed by atoms with E-state index >= 15 is 0 Å². The predicted molar refractivity (Wildman–Crippen MR) is 96.7 cm³/mol. The van der Waals surface area contributed by atoms with Crippen LogP contribution in [0.25, 0.3) is 11.0 Å². The van der Waals surface area contributed by atoms with E-state index in [1.165, 1.54) is 0 Å². The van der Waals surface area contributed by atoms with Gasteiger partial charge < -0.3 is 14.2 Å². The normalized spacial score (nSPS) is 16.8. The fourth-order valence-corrected chi connectivity index (χ4v) is 3.33. The van der Waals surface area contributed by atoms with Crippen molar-refractivity contribution in [1.82, 2.24) is 14.5 Å². The first-order chi connectivity index (χ1) is 12.2. The largest absolute Gasteiger partial charge is 0.497 e. The van der Waals surface area contributed by atoms with Crippen LogP contribution in [0.4, 0.5) is 0 Å². The number of carbonyl (C=O) groups excluding carboxylic acids is 1. The number of nitrogens with zero attached hydrogens (tertiary/aromatic N) is 3. The van der Waals surface area contributed by atoms with Crippen molar-refractivity contribution in [2.75, 3.05) is 13.7 Å². The molecule has 0 unspecified atom stereocenters. The molecule has 0 saturated carbocycles. The number of hydrogen-bond donors (Lipinski definition) is 0. The van der Waals surface area contributed by atoms with Crippen LogP contribution in [0.15, 0.2) is 61.2 Å². The van der Waals surface area contributed by atoms with Gasteiger partial charge in [0.05, 0.1) is 24.2 Å². The summed E-state index contributed by atoms with van der Waals surface area (Å²) >= 11 is 0. The quantitative estimate of drug-likeness (QED) is 0.687. The van der Waals surface area contributed by atoms with Crippen molar-refractivity contribution in [3.05, 3.63) is 72.6 Å². The van der Waals surface area contributed by atoms with Crippen molar-refractivity contribution in [1.29, 1.82) is 0 Å². The van der Waals surface area contributed by atoms with Gasteiger partial charge in [-0.1, -0.05) is 30.3 Å². The van der Waals surface area contributed by atoms with E-state index in [2.05, 4.69) is 11.6 Å². The molecule has 2 heterocycles. The van der Waals surface area contributed by atoms with Crippen LogP contribution >= 0.6 is 0 Å². The number of methoxy groups -OCH3 is 1. The summed E-state index contributed by atoms with van der Waals surface area (Å²) in [5.74, 6) is 1.23. The van der Waals surface area contributed by atoms with Crippen LogP contribution in [0.1, 0.15) is 22.2 Å². The lowest BCUT2D eigenvalue weighted by atomic mass is 10.1. The summed E-state index contributed by atoms with van der Waals surface area (Å²) in [5.41, 5.74) is 2.87. The number of amides is 1. The molecule has 0 saturated heterocycles. The standard InChI is InChI=1S/C20H19N3O2/c1-3-15-13-22(12-14-8-10-16(25-2)11-9-14)20(24)19-21-17-6-4-5-7-18(17)23(15)19/h3-11,15H,1,12-13H2,2H3/t15-/m1/s1. The molecule has 0 fully saturated rings. The summed E-state index contributed by atoms with van der Waals surface area (Å²) in [7, 11) is 1.64. The van der Waals surface area contributed by atoms with Gasteiger partial charge in [0.1, 0.15) is 5.75 Å². The Morgan fingerprint density at radius 3 is 2.72 bits per heavy atom. The molecule has 1 aliphatic heterocycles. The molecular formula is C20H19N3O2. The number of imidazole rings is 1. The smallest absolute Gasteiger partial charge is 0.290 e. The fraction of sp³-hybridized carbons (Fsp3) is 0.200. The molecular weight excluding hydrogens is 314 g/mol. The van der Waals surface area contributed by atoms with Gasteiger partial charge in [-0.3, -0.25) is 4.79 Å². The van der Waals surface area contributed by atoms with Crippen LogP contribution in [0.3, 0.4) is 0 Å². The Morgan fingerprint density at radius 1 is 1.24 bits per heavy atom. The first-order valence-electron chi connectivity index (χ1n) is 8.23. The van der Waals surface area contributed by atoms with Crippen LogP contribution in [-0.2, 0) is 6.54 Å². The highest BCUT2D eigenvalue weighted by Gasteiger charge is 2.32. The molecule has 4 rings (SSSR count). The van der Waals surface area contributed by atoms with E-state index in [9.17, 15) is 4.79 Å². The Kier molecular flexibility index (Phi) is 3.76. The molecule has 0 aliphatic carbocycles. The lowest BCUT2D eigenvalue weighted by Crippen LogP contribution is -2.42. The number of ether oxygens (including phenoxy) is 1. The summed E-state index contributed by atoms with van der Waals surface area (Å²) in [5, 5.41) is 0. The minimum Gasteiger partial charge on any atom is -0.497 e. The Morgan fingerprint density at radius 2 is 2.00 bits per heavy atom. The van der Waals surface area contributed by atoms with Crippen molar-refractivity contribution in [2.24, 2.45) is 0 Å². The maximum absolute atomic E-state index is 13.0. The Bertz CT molecular complexity index is 943. The predicted octanol–water partition coefficient (Wildman–Crippen LogP) is 3.43. The highest BCUT2D eigenvalue weighted by atomic mass is 16.5. The molecule has 0 radical (unpaired) electrons. The van der Waals surface area contributed by atoms with Gasteiger partial charge in [0, 0.05) is 13.1 Å². The zero-order valence-corrected chi connectivity index (χ0v) is 14.1. The monoisotopic (exact) mass is 333 g/mol. The molecule has 1 amide bonds. The van der Waals surface area contributed by atoms with Gasteiger partial charge in [0.2, 0.25) is 5.82 Å². The van der Waals surface area contributed by atoms with Crippen LogP contribution in [0, 0.1) is 0 Å². The summed E-state index contributed by atoms with van der Waals surface area (Å²) in [4.78, 5) is 19.3. The minimum absolute atomic E-state index is 0.0124. The van der Waals surface area contributed by atoms with E-state index in [0.29, 0.717) is 18.9 Å². The summed E-state index contributed by atoms with van der Waals surface area (Å²) in [6.07, 6.45) is 1.88. The highest BCUT2D eigenvalue weighted by Crippen LogP contribution is 2.28. The summed E-state index contributed by atoms with van der Waals surface area (Å²) in [6, 6.07) is 15.6. The average Bonchev–Trinajstić information content (AvgIpc) is 3.05. The van der Waals surface area contributed by atoms with Gasteiger partial charge in [-0.15, -0.1) is 6.58 Å². The molecule has 1 aromatic heterocycles. The third kappa shape index (κ3) is 2.58. The Labute approximate surface area is 146 Å². The van der Waals surface area contributed by atoms with E-state index in [-0.39, 0.29) is 11.9 Å². The molecule has 1 aliphatic rings. The first-order valence-corrected chi connectivity index (χ1v) is 8.23. The maximum Gasteiger partial charge on any atom is 0.290 e. The van der Waals surface area contributed by atoms with Crippen molar-refractivity contribution in [3.8, 4) is 5.75 Å². The van der Waals surface area contributed by atoms with E-state index < -0.39 is 0 Å². The third-order valence-electron chi connectivity index (χ3n) is 4.62. The molecule has 0 bridgehead atoms. The first kappa shape index (κ1) is 15.4. The van der Waals surface area contributed by atoms with Crippen molar-refractivity contribution in [2.45, 2.75) is 12.6 Å². The lowest BCUT2D eigenvalue weighted by Gasteiger charge is -2.32. The number of benzene rings is 2. The van der Waals surface area contributed by atoms with Crippen molar-refractivity contribution < 1.29 is 9.53 Å². The lowest BCUT2D eigenvalue weighted by molar-refractivity contribution is 0.0668. The molecule has 1 atom stereocenters. The van der Waals surface area contributed by atoms with E-state index in [1.807, 2.05) is 64.1 Å². The second-order valence-corrected chi connectivity index (χ2v) is 6.13. The number of para-hydroxylation sites is 2. The summed E-state index contributed by atoms with van der Waals surface area (Å²) < 4.78 is 7.18. The van der Waals surface area contributed by atoms with E-state index in [4.69, 9.17) is 4.74 Å². The van der Waals surface area contributed by atoms with Gasteiger partial charge in [0.25, 0.3) is 5.91 Å². The number of carbonyl (C=O) groups is 1. The summed E-state index contributed by atoms with van der Waals surface area (Å²) in [6.45, 7) is 5.08. The molecule has 5 nitrogen and oxygen atoms in total. The molecule has 0 spiro atoms. The van der Waals surface area contributed by atoms with Crippen LogP contribution in [-0.4, -0.2) is 34.0 Å². The number of aromatic nitrogens is 2. The Balaban J connectivity index is 1.69. The minimum atomic E-state index is -0.0508. The highest BCUT2D eigenvalue weighted by molar-refractivity contribution is 5.96. The van der Waals surface area contributed by atoms with Crippen molar-refractivity contribution >= 4 is 16.9 Å². The maximum atomic E-state index is 13.0. The number of fused-ring (bicyclic) bond motifs is 3. The second-order valence-electron chi connectivity index (χ2n) is 6.13. The zero-order valence-electron chi connectivity index (χ0n) is 14.1. The fourth-order valence-electron chi connectivity index (χ4n) is 3.33. The van der Waals surface area contributed by atoms with Gasteiger partial charge in [-0.25, -0.2) is 4.98 Å². The van der Waals surface area contributed by atoms with Gasteiger partial charge in [-0.05, 0) is 29.8 Å². The topological polar surface area (TPSA) is 47.4 Å². The van der Waals surface area contributed by atoms with Crippen LogP contribution in [0.2, 0.25) is 0 Å². The molecule has 25 heavy (non-hydrogen) atoms. The molecule has 2 aromatic carbocycles. The van der Waals surface area contributed by atoms with E-state index in [0.717, 1.165) is 22.3 Å². The SMILES string of the molecule is C=C[C@@H]1CN(Cc2ccc(OC)cc2)C(=O)c2nc3ccccc3n21. The van der Waals surface area contributed by atoms with Gasteiger partial charge in [0.15, 0.2) is 0 Å². The number of rotatable bonds is 4. The Hall–Kier alpha value is -3.08. The van der Waals surface area contributed by atoms with Gasteiger partial charge >= 0.3 is 0 Å². The third-order valence-corrected chi connectivity index (χ3v) is 4.62. The molecule has 5 heteroatoms. The molecule has 126 valence electrons. The molecule has 3 aromatic rings. The van der Waals surface area contributed by atoms with Gasteiger partial charge in [-0.2, -0.15) is 0 Å². The second kappa shape index (κ2) is 6.09. The van der Waals surface area contributed by atoms with Crippen molar-refractivity contribution in [3.63, 3.8) is 0 Å².